The van der Waals surface area contributed by atoms with Gasteiger partial charge in [-0.2, -0.15) is 0 Å². The fourth-order valence-corrected chi connectivity index (χ4v) is 12.6. The highest BCUT2D eigenvalue weighted by atomic mass is 35.5. The number of methoxy groups -OCH3 is 1. The Bertz CT molecular complexity index is 6380. The lowest BCUT2D eigenvalue weighted by atomic mass is 10.1. The van der Waals surface area contributed by atoms with Crippen molar-refractivity contribution in [3.63, 3.8) is 0 Å². The highest BCUT2D eigenvalue weighted by molar-refractivity contribution is 6.31. The van der Waals surface area contributed by atoms with E-state index in [2.05, 4.69) is 20.7 Å². The third kappa shape index (κ3) is 51.8. The van der Waals surface area contributed by atoms with Crippen LogP contribution in [0.3, 0.4) is 0 Å². The Morgan fingerprint density at radius 1 is 0.362 bits per heavy atom. The lowest BCUT2D eigenvalue weighted by molar-refractivity contribution is -0.155. The summed E-state index contributed by atoms with van der Waals surface area (Å²) in [5, 5.41) is 17.3. The Hall–Kier alpha value is -17.1. The third-order valence-corrected chi connectivity index (χ3v) is 19.3. The number of carboxylic acid groups (broad SMARTS) is 1. The first kappa shape index (κ1) is 122. The first-order valence-electron chi connectivity index (χ1n) is 46.6. The van der Waals surface area contributed by atoms with Crippen LogP contribution in [0.15, 0.2) is 249 Å². The second-order valence-electron chi connectivity index (χ2n) is 34.3. The van der Waals surface area contributed by atoms with Crippen LogP contribution in [-0.4, -0.2) is 142 Å². The van der Waals surface area contributed by atoms with E-state index < -0.39 is 82.8 Å². The number of nitrogens with one attached hydrogen (secondary N) is 3. The monoisotopic (exact) mass is 2080 g/mol. The molecule has 0 aliphatic carbocycles. The van der Waals surface area contributed by atoms with Gasteiger partial charge in [0.2, 0.25) is 11.8 Å². The molecular weight excluding hydrogens is 1960 g/mol. The number of benzene rings is 9. The molecule has 0 aliphatic heterocycles. The molecular formula is C114H118Cl2N4O29. The average Bonchev–Trinajstić information content (AvgIpc) is 0.784. The van der Waals surface area contributed by atoms with Crippen LogP contribution in [0.2, 0.25) is 10.0 Å². The van der Waals surface area contributed by atoms with Gasteiger partial charge in [0.15, 0.2) is 51.9 Å². The molecule has 0 spiro atoms. The number of allylic oxidation sites excluding steroid dienone is 5. The number of hydrogen-bond donors (Lipinski definition) is 4. The smallest absolute Gasteiger partial charge is 0.407 e. The number of alkyl carbamates (subject to hydrolysis) is 1. The van der Waals surface area contributed by atoms with Crippen molar-refractivity contribution in [1.82, 2.24) is 5.32 Å². The first-order valence-corrected chi connectivity index (χ1v) is 47.3. The molecule has 0 unspecified atom stereocenters. The molecule has 4 N–H and O–H groups in total. The zero-order valence-corrected chi connectivity index (χ0v) is 86.3. The quantitative estimate of drug-likeness (QED) is 0.00690. The molecule has 33 nitrogen and oxygen atoms in total. The van der Waals surface area contributed by atoms with Crippen molar-refractivity contribution in [1.29, 1.82) is 0 Å². The number of imide groups is 1. The predicted molar refractivity (Wildman–Crippen MR) is 563 cm³/mol. The van der Waals surface area contributed by atoms with Gasteiger partial charge in [0.1, 0.15) is 22.7 Å². The Labute approximate surface area is 873 Å². The summed E-state index contributed by atoms with van der Waals surface area (Å²) in [4.78, 5) is 225. The molecule has 0 fully saturated rings. The number of halogens is 2. The number of carbonyl (C=O) groups is 19. The summed E-state index contributed by atoms with van der Waals surface area (Å²) in [7, 11) is 1.23. The molecule has 0 radical (unpaired) electrons. The SMILES string of the molecule is CC(=O)/C=C/c1ccc(N(C(=O)c2ccccc2OC(C)=O)C(=O)c2ccccc2OC(C)=O)cc1.CC(=O)/C=C/c1ccc(NC(=O)CCCC(=O)O)cc1.CC(=O)/C=C/c1ccc(OC(=O)CCCCC(=O)OC(C)(C)C)c(OC(=O)CCCNC(=O)OC(C)(C)C)c1.CCC(=O)/C=C/c1ccc(OC(=O)Cc2cccc(Cl)c2)c(OC(=O)Cc2cccc(Cl)c2)c1.COC(=O)/C=C/C(=O)Nc1ccc(/C=C/C(C)=O)cc1. The van der Waals surface area contributed by atoms with Crippen molar-refractivity contribution in [3.8, 4) is 34.5 Å². The van der Waals surface area contributed by atoms with Crippen LogP contribution in [-0.2, 0) is 104 Å². The van der Waals surface area contributed by atoms with Crippen molar-refractivity contribution in [3.05, 3.63) is 309 Å². The number of para-hydroxylation sites is 2. The summed E-state index contributed by atoms with van der Waals surface area (Å²) in [6.45, 7) is 20.7. The van der Waals surface area contributed by atoms with Crippen molar-refractivity contribution >= 4 is 183 Å². The zero-order valence-electron chi connectivity index (χ0n) is 84.8. The summed E-state index contributed by atoms with van der Waals surface area (Å²) in [6, 6.07) is 55.5. The number of carbonyl (C=O) groups excluding carboxylic acids is 18. The van der Waals surface area contributed by atoms with Crippen LogP contribution >= 0.6 is 23.2 Å². The Balaban J connectivity index is 0.000000335. The molecule has 0 aromatic heterocycles. The number of ketones is 5. The van der Waals surface area contributed by atoms with Gasteiger partial charge in [-0.15, -0.1) is 0 Å². The fraction of sp³-hybridized carbons (Fsp3) is 0.254. The summed E-state index contributed by atoms with van der Waals surface area (Å²) in [5.41, 5.74) is 5.14. The van der Waals surface area contributed by atoms with Gasteiger partial charge in [0, 0.05) is 92.5 Å². The number of unbranched alkanes of at least 4 members (excludes halogenated alkanes) is 1. The largest absolute Gasteiger partial charge is 0.481 e. The van der Waals surface area contributed by atoms with Crippen molar-refractivity contribution in [2.45, 2.75) is 178 Å². The molecule has 0 saturated heterocycles. The zero-order chi connectivity index (χ0) is 110. The van der Waals surface area contributed by atoms with Gasteiger partial charge in [-0.25, -0.2) is 14.5 Å². The first-order chi connectivity index (χ1) is 70.5. The highest BCUT2D eigenvalue weighted by Gasteiger charge is 2.32. The lowest BCUT2D eigenvalue weighted by Crippen LogP contribution is -2.37. The molecule has 149 heavy (non-hydrogen) atoms. The van der Waals surface area contributed by atoms with E-state index in [0.29, 0.717) is 81.3 Å². The van der Waals surface area contributed by atoms with Crippen LogP contribution in [0.1, 0.15) is 214 Å². The molecule has 9 aromatic carbocycles. The predicted octanol–water partition coefficient (Wildman–Crippen LogP) is 20.7. The number of aliphatic carboxylic acids is 1. The normalized spacial score (nSPS) is 10.9. The third-order valence-electron chi connectivity index (χ3n) is 18.9. The van der Waals surface area contributed by atoms with Gasteiger partial charge in [-0.05, 0) is 273 Å². The number of rotatable bonds is 41. The van der Waals surface area contributed by atoms with Crippen molar-refractivity contribution in [2.24, 2.45) is 0 Å². The maximum Gasteiger partial charge on any atom is 0.407 e. The van der Waals surface area contributed by atoms with Crippen LogP contribution in [0, 0.1) is 0 Å². The molecule has 35 heteroatoms. The van der Waals surface area contributed by atoms with E-state index in [-0.39, 0.29) is 144 Å². The minimum absolute atomic E-state index is 0.0108. The number of amides is 5. The molecule has 0 saturated carbocycles. The van der Waals surface area contributed by atoms with Gasteiger partial charge < -0.3 is 63.7 Å². The molecule has 5 amide bonds. The lowest BCUT2D eigenvalue weighted by Gasteiger charge is -2.23. The van der Waals surface area contributed by atoms with Gasteiger partial charge in [-0.3, -0.25) is 81.5 Å². The molecule has 0 aliphatic rings. The Kier molecular flexibility index (Phi) is 52.5. The highest BCUT2D eigenvalue weighted by Crippen LogP contribution is 2.35. The van der Waals surface area contributed by atoms with E-state index in [0.717, 1.165) is 28.2 Å². The minimum atomic E-state index is -0.903. The average molecular weight is 2080 g/mol. The van der Waals surface area contributed by atoms with E-state index in [4.69, 9.17) is 66.2 Å². The summed E-state index contributed by atoms with van der Waals surface area (Å²) >= 11 is 12.0. The number of nitrogens with zero attached hydrogens (tertiary/aromatic N) is 1. The minimum Gasteiger partial charge on any atom is -0.481 e. The van der Waals surface area contributed by atoms with E-state index in [1.54, 1.807) is 237 Å². The number of hydrogen-bond acceptors (Lipinski definition) is 28. The number of carboxylic acids is 1. The van der Waals surface area contributed by atoms with Gasteiger partial charge in [0.25, 0.3) is 11.8 Å². The molecule has 0 atom stereocenters. The van der Waals surface area contributed by atoms with Crippen molar-refractivity contribution in [2.75, 3.05) is 29.2 Å². The second kappa shape index (κ2) is 63.9. The van der Waals surface area contributed by atoms with E-state index in [1.165, 1.54) is 128 Å². The van der Waals surface area contributed by atoms with Crippen molar-refractivity contribution < 1.29 is 139 Å². The van der Waals surface area contributed by atoms with E-state index in [1.807, 2.05) is 0 Å². The summed E-state index contributed by atoms with van der Waals surface area (Å²) < 4.78 is 47.0. The van der Waals surface area contributed by atoms with E-state index >= 15 is 0 Å². The number of ether oxygens (including phenoxy) is 9. The van der Waals surface area contributed by atoms with Gasteiger partial charge in [0.05, 0.1) is 36.8 Å². The fourth-order valence-electron chi connectivity index (χ4n) is 12.2. The maximum atomic E-state index is 13.7. The Morgan fingerprint density at radius 3 is 1.17 bits per heavy atom. The topological polar surface area (TPSA) is 467 Å². The molecule has 0 heterocycles. The van der Waals surface area contributed by atoms with Gasteiger partial charge in [-0.1, -0.05) is 158 Å². The number of esters is 8. The van der Waals surface area contributed by atoms with E-state index in [9.17, 15) is 91.1 Å². The maximum absolute atomic E-state index is 13.7. The summed E-state index contributed by atoms with van der Waals surface area (Å²) in [5.74, 6) is -7.69. The Morgan fingerprint density at radius 2 is 0.752 bits per heavy atom. The molecule has 0 bridgehead atoms. The second-order valence-corrected chi connectivity index (χ2v) is 35.2. The van der Waals surface area contributed by atoms with Crippen LogP contribution in [0.4, 0.5) is 21.9 Å². The standard InChI is InChI=1S/C29H41NO9.C28H23NO7.C27H22Cl2O5.C15H15NO4.C15H17NO4/c1-20(31)14-15-21-16-17-22(36-24(32)11-8-9-12-26(34)38-28(2,3)4)23(19-21)37-25(33)13-10-18-30-27(35)39-29(5,6)7;1-18(30)12-13-21-14-16-22(17-15-21)29(27(33)23-8-4-6-10-25(23)35-19(2)31)28(34)24-9-5-7-11-26(24)36-20(3)32;1-2-23(30)11-9-18-10-12-24(33-26(31)16-19-5-3-7-21(28)13-19)25(15-18)34-27(32)17-20-6-4-8-22(29)14-20;1-11(17)3-4-12-5-7-13(8-6-12)16-14(18)9-10-15(19)20-2;1-11(17)5-6-12-7-9-13(10-8-12)16-14(18)3-2-4-15(19)20/h14-17,19H,8-13,18H2,1-7H3,(H,30,35);4-17H,1-3H3;3-15H,2,16-17H2,1H3;3-10H,1-2H3,(H,16,18);5-10H,2-4H2,1H3,(H,16,18)(H,19,20)/b15-14+;13-12+;11-9+;4-3+,10-9+;6-5+. The van der Waals surface area contributed by atoms with Gasteiger partial charge >= 0.3 is 59.8 Å². The molecule has 9 rings (SSSR count). The molecule has 782 valence electrons. The van der Waals surface area contributed by atoms with Crippen LogP contribution in [0.5, 0.6) is 34.5 Å². The molecule has 9 aromatic rings. The number of anilines is 3. The van der Waals surface area contributed by atoms with Crippen LogP contribution < -0.4 is 49.3 Å². The summed E-state index contributed by atoms with van der Waals surface area (Å²) in [6.07, 6.45) is 19.1. The van der Waals surface area contributed by atoms with Crippen LogP contribution in [0.25, 0.3) is 30.4 Å².